The number of carbonyl (C=O) groups excluding carboxylic acids is 1. The van der Waals surface area contributed by atoms with E-state index >= 15 is 0 Å². The van der Waals surface area contributed by atoms with Gasteiger partial charge in [0.1, 0.15) is 5.52 Å². The number of rotatable bonds is 1. The van der Waals surface area contributed by atoms with E-state index in [2.05, 4.69) is 15.6 Å². The Morgan fingerprint density at radius 3 is 2.95 bits per heavy atom. The maximum atomic E-state index is 12.0. The van der Waals surface area contributed by atoms with Crippen LogP contribution in [0.5, 0.6) is 0 Å². The molecule has 1 aliphatic rings. The number of benzene rings is 1. The minimum Gasteiger partial charge on any atom is -0.378 e. The average Bonchev–Trinajstić information content (AvgIpc) is 2.81. The molecule has 2 aromatic rings. The van der Waals surface area contributed by atoms with Gasteiger partial charge < -0.3 is 15.0 Å². The molecule has 2 heterocycles. The third-order valence-corrected chi connectivity index (χ3v) is 3.16. The summed E-state index contributed by atoms with van der Waals surface area (Å²) < 4.78 is 6.92. The van der Waals surface area contributed by atoms with Crippen molar-refractivity contribution in [3.63, 3.8) is 0 Å². The highest BCUT2D eigenvalue weighted by atomic mass is 16.5. The number of ether oxygens (including phenoxy) is 1. The van der Waals surface area contributed by atoms with E-state index in [0.717, 1.165) is 16.7 Å². The largest absolute Gasteiger partial charge is 0.378 e. The Balaban J connectivity index is 1.75. The van der Waals surface area contributed by atoms with E-state index in [1.165, 1.54) is 0 Å². The molecule has 7 nitrogen and oxygen atoms in total. The molecule has 2 amide bonds. The molecule has 1 aromatic heterocycles. The Labute approximate surface area is 110 Å². The first-order valence-corrected chi connectivity index (χ1v) is 6.17. The van der Waals surface area contributed by atoms with Gasteiger partial charge in [-0.05, 0) is 18.2 Å². The van der Waals surface area contributed by atoms with Crippen LogP contribution in [0.1, 0.15) is 0 Å². The molecule has 1 fully saturated rings. The van der Waals surface area contributed by atoms with Crippen LogP contribution in [-0.2, 0) is 11.8 Å². The highest BCUT2D eigenvalue weighted by molar-refractivity contribution is 5.91. The number of aryl methyl sites for hydroxylation is 1. The topological polar surface area (TPSA) is 72.3 Å². The maximum absolute atomic E-state index is 12.0. The van der Waals surface area contributed by atoms with Crippen molar-refractivity contribution >= 4 is 22.8 Å². The molecule has 0 atom stereocenters. The number of nitrogens with one attached hydrogen (secondary N) is 1. The molecular weight excluding hydrogens is 246 g/mol. The quantitative estimate of drug-likeness (QED) is 0.825. The van der Waals surface area contributed by atoms with Gasteiger partial charge in [0.2, 0.25) is 0 Å². The summed E-state index contributed by atoms with van der Waals surface area (Å²) in [5, 5.41) is 10.8. The van der Waals surface area contributed by atoms with Crippen molar-refractivity contribution in [2.75, 3.05) is 31.6 Å². The van der Waals surface area contributed by atoms with Crippen molar-refractivity contribution in [1.29, 1.82) is 0 Å². The number of carbonyl (C=O) groups is 1. The third kappa shape index (κ3) is 2.37. The van der Waals surface area contributed by atoms with Crippen LogP contribution < -0.4 is 5.32 Å². The molecule has 0 unspecified atom stereocenters. The Morgan fingerprint density at radius 2 is 2.16 bits per heavy atom. The van der Waals surface area contributed by atoms with Gasteiger partial charge in [0.05, 0.1) is 18.7 Å². The molecule has 1 aliphatic heterocycles. The highest BCUT2D eigenvalue weighted by Crippen LogP contribution is 2.16. The van der Waals surface area contributed by atoms with Crippen LogP contribution in [0.4, 0.5) is 10.5 Å². The van der Waals surface area contributed by atoms with E-state index < -0.39 is 0 Å². The van der Waals surface area contributed by atoms with Gasteiger partial charge >= 0.3 is 6.03 Å². The molecule has 0 saturated carbocycles. The summed E-state index contributed by atoms with van der Waals surface area (Å²) in [5.74, 6) is 0. The number of hydrogen-bond acceptors (Lipinski definition) is 4. The van der Waals surface area contributed by atoms with Crippen LogP contribution >= 0.6 is 0 Å². The van der Waals surface area contributed by atoms with Gasteiger partial charge in [-0.2, -0.15) is 0 Å². The normalized spacial score (nSPS) is 15.7. The minimum absolute atomic E-state index is 0.105. The van der Waals surface area contributed by atoms with Crippen LogP contribution in [0.2, 0.25) is 0 Å². The highest BCUT2D eigenvalue weighted by Gasteiger charge is 2.16. The number of morpholine rings is 1. The second-order valence-corrected chi connectivity index (χ2v) is 4.45. The van der Waals surface area contributed by atoms with Gasteiger partial charge in [0, 0.05) is 25.8 Å². The second-order valence-electron chi connectivity index (χ2n) is 4.45. The molecule has 1 saturated heterocycles. The number of urea groups is 1. The summed E-state index contributed by atoms with van der Waals surface area (Å²) in [6, 6.07) is 5.46. The predicted octanol–water partition coefficient (Wildman–Crippen LogP) is 0.832. The smallest absolute Gasteiger partial charge is 0.322 e. The van der Waals surface area contributed by atoms with Gasteiger partial charge in [0.15, 0.2) is 0 Å². The number of amides is 2. The number of nitrogens with zero attached hydrogens (tertiary/aromatic N) is 4. The number of fused-ring (bicyclic) bond motifs is 1. The van der Waals surface area contributed by atoms with Crippen molar-refractivity contribution < 1.29 is 9.53 Å². The third-order valence-electron chi connectivity index (χ3n) is 3.16. The molecule has 3 rings (SSSR count). The van der Waals surface area contributed by atoms with E-state index in [9.17, 15) is 4.79 Å². The summed E-state index contributed by atoms with van der Waals surface area (Å²) in [7, 11) is 1.83. The minimum atomic E-state index is -0.105. The monoisotopic (exact) mass is 261 g/mol. The van der Waals surface area contributed by atoms with Crippen molar-refractivity contribution in [1.82, 2.24) is 19.9 Å². The first kappa shape index (κ1) is 11.9. The first-order chi connectivity index (χ1) is 9.24. The van der Waals surface area contributed by atoms with Gasteiger partial charge in [-0.3, -0.25) is 0 Å². The van der Waals surface area contributed by atoms with E-state index in [0.29, 0.717) is 26.3 Å². The summed E-state index contributed by atoms with van der Waals surface area (Å²) in [6.45, 7) is 2.44. The van der Waals surface area contributed by atoms with Gasteiger partial charge in [-0.15, -0.1) is 5.10 Å². The number of anilines is 1. The molecule has 0 aliphatic carbocycles. The maximum Gasteiger partial charge on any atom is 0.322 e. The molecule has 0 bridgehead atoms. The molecule has 0 radical (unpaired) electrons. The van der Waals surface area contributed by atoms with Crippen molar-refractivity contribution in [2.24, 2.45) is 7.05 Å². The van der Waals surface area contributed by atoms with Crippen LogP contribution in [0.25, 0.3) is 11.0 Å². The lowest BCUT2D eigenvalue weighted by atomic mass is 10.2. The van der Waals surface area contributed by atoms with Crippen molar-refractivity contribution in [3.05, 3.63) is 18.2 Å². The van der Waals surface area contributed by atoms with E-state index in [1.54, 1.807) is 9.58 Å². The second kappa shape index (κ2) is 4.85. The predicted molar refractivity (Wildman–Crippen MR) is 69.9 cm³/mol. The molecule has 19 heavy (non-hydrogen) atoms. The van der Waals surface area contributed by atoms with Gasteiger partial charge in [-0.1, -0.05) is 5.21 Å². The van der Waals surface area contributed by atoms with Crippen LogP contribution in [0, 0.1) is 0 Å². The molecule has 1 aromatic carbocycles. The zero-order valence-corrected chi connectivity index (χ0v) is 10.7. The van der Waals surface area contributed by atoms with E-state index in [-0.39, 0.29) is 6.03 Å². The van der Waals surface area contributed by atoms with Crippen LogP contribution in [-0.4, -0.2) is 52.2 Å². The Kier molecular flexibility index (Phi) is 3.04. The molecule has 0 spiro atoms. The van der Waals surface area contributed by atoms with Crippen LogP contribution in [0.3, 0.4) is 0 Å². The zero-order chi connectivity index (χ0) is 13.2. The number of aromatic nitrogens is 3. The van der Waals surface area contributed by atoms with Gasteiger partial charge in [-0.25, -0.2) is 9.48 Å². The summed E-state index contributed by atoms with van der Waals surface area (Å²) in [5.41, 5.74) is 2.43. The molecule has 1 N–H and O–H groups in total. The Bertz CT molecular complexity index is 603. The van der Waals surface area contributed by atoms with Crippen molar-refractivity contribution in [3.8, 4) is 0 Å². The molecule has 100 valence electrons. The first-order valence-electron chi connectivity index (χ1n) is 6.17. The molecule has 7 heteroatoms. The van der Waals surface area contributed by atoms with Crippen molar-refractivity contribution in [2.45, 2.75) is 0 Å². The summed E-state index contributed by atoms with van der Waals surface area (Å²) >= 11 is 0. The lowest BCUT2D eigenvalue weighted by Gasteiger charge is -2.26. The fourth-order valence-electron chi connectivity index (χ4n) is 2.09. The average molecular weight is 261 g/mol. The SMILES string of the molecule is Cn1nnc2cc(NC(=O)N3CCOCC3)ccc21. The number of hydrogen-bond donors (Lipinski definition) is 1. The Hall–Kier alpha value is -2.15. The fraction of sp³-hybridized carbons (Fsp3) is 0.417. The Morgan fingerprint density at radius 1 is 1.37 bits per heavy atom. The van der Waals surface area contributed by atoms with Crippen LogP contribution in [0.15, 0.2) is 18.2 Å². The summed E-state index contributed by atoms with van der Waals surface area (Å²) in [6.07, 6.45) is 0. The van der Waals surface area contributed by atoms with Gasteiger partial charge in [0.25, 0.3) is 0 Å². The van der Waals surface area contributed by atoms with E-state index in [1.807, 2.05) is 25.2 Å². The lowest BCUT2D eigenvalue weighted by Crippen LogP contribution is -2.43. The zero-order valence-electron chi connectivity index (χ0n) is 10.7. The standard InChI is InChI=1S/C12H15N5O2/c1-16-11-3-2-9(8-10(11)14-15-16)13-12(18)17-4-6-19-7-5-17/h2-3,8H,4-7H2,1H3,(H,13,18). The van der Waals surface area contributed by atoms with E-state index in [4.69, 9.17) is 4.74 Å². The summed E-state index contributed by atoms with van der Waals surface area (Å²) in [4.78, 5) is 13.8. The lowest BCUT2D eigenvalue weighted by molar-refractivity contribution is 0.0564. The fourth-order valence-corrected chi connectivity index (χ4v) is 2.09. The molecular formula is C12H15N5O2.